The lowest BCUT2D eigenvalue weighted by molar-refractivity contribution is -0.118. The van der Waals surface area contributed by atoms with Gasteiger partial charge in [-0.05, 0) is 23.3 Å². The van der Waals surface area contributed by atoms with Gasteiger partial charge in [0, 0.05) is 0 Å². The first-order valence-corrected chi connectivity index (χ1v) is 7.54. The molecule has 102 valence electrons. The van der Waals surface area contributed by atoms with Gasteiger partial charge in [0.25, 0.3) is 0 Å². The number of amides is 1. The average molecular weight is 285 g/mol. The minimum atomic E-state index is 0.0747. The van der Waals surface area contributed by atoms with Gasteiger partial charge in [-0.2, -0.15) is 0 Å². The Morgan fingerprint density at radius 1 is 1.10 bits per heavy atom. The van der Waals surface area contributed by atoms with Crippen LogP contribution in [-0.2, 0) is 11.4 Å². The zero-order chi connectivity index (χ0) is 13.8. The number of ether oxygens (including phenoxy) is 1. The first kappa shape index (κ1) is 13.1. The smallest absolute Gasteiger partial charge is 0.231 e. The molecule has 0 radical (unpaired) electrons. The van der Waals surface area contributed by atoms with Crippen LogP contribution in [0.4, 0.5) is 0 Å². The van der Waals surface area contributed by atoms with Crippen molar-refractivity contribution in [2.24, 2.45) is 0 Å². The van der Waals surface area contributed by atoms with E-state index in [0.29, 0.717) is 12.4 Å². The van der Waals surface area contributed by atoms with Crippen LogP contribution < -0.4 is 10.1 Å². The molecule has 0 aromatic heterocycles. The lowest BCUT2D eigenvalue weighted by atomic mass is 10.2. The van der Waals surface area contributed by atoms with Gasteiger partial charge in [-0.25, -0.2) is 0 Å². The van der Waals surface area contributed by atoms with Crippen molar-refractivity contribution >= 4 is 17.7 Å². The summed E-state index contributed by atoms with van der Waals surface area (Å²) in [5, 5.41) is 3.01. The summed E-state index contributed by atoms with van der Waals surface area (Å²) < 4.78 is 5.74. The van der Waals surface area contributed by atoms with Crippen molar-refractivity contribution in [1.82, 2.24) is 5.32 Å². The minimum absolute atomic E-state index is 0.0747. The Morgan fingerprint density at radius 3 is 2.50 bits per heavy atom. The lowest BCUT2D eigenvalue weighted by Gasteiger charge is -2.11. The fourth-order valence-corrected chi connectivity index (χ4v) is 3.01. The van der Waals surface area contributed by atoms with E-state index in [1.165, 1.54) is 0 Å². The number of hydrogen-bond acceptors (Lipinski definition) is 3. The van der Waals surface area contributed by atoms with Gasteiger partial charge < -0.3 is 10.1 Å². The number of carbonyl (C=O) groups is 1. The second-order valence-electron chi connectivity index (χ2n) is 4.60. The third-order valence-corrected chi connectivity index (χ3v) is 4.26. The van der Waals surface area contributed by atoms with E-state index >= 15 is 0 Å². The highest BCUT2D eigenvalue weighted by molar-refractivity contribution is 8.00. The van der Waals surface area contributed by atoms with E-state index in [1.807, 2.05) is 54.6 Å². The summed E-state index contributed by atoms with van der Waals surface area (Å²) in [7, 11) is 0. The van der Waals surface area contributed by atoms with Crippen LogP contribution in [0.15, 0.2) is 54.6 Å². The molecule has 0 unspecified atom stereocenters. The van der Waals surface area contributed by atoms with Crippen molar-refractivity contribution in [3.8, 4) is 5.75 Å². The van der Waals surface area contributed by atoms with Gasteiger partial charge in [0.05, 0.1) is 5.75 Å². The van der Waals surface area contributed by atoms with Crippen molar-refractivity contribution < 1.29 is 9.53 Å². The Kier molecular flexibility index (Phi) is 3.92. The molecular formula is C16H15NO2S. The molecule has 1 fully saturated rings. The van der Waals surface area contributed by atoms with Crippen LogP contribution in [0.5, 0.6) is 5.75 Å². The molecule has 1 amide bonds. The van der Waals surface area contributed by atoms with Crippen LogP contribution >= 0.6 is 11.8 Å². The van der Waals surface area contributed by atoms with E-state index in [-0.39, 0.29) is 11.3 Å². The maximum atomic E-state index is 11.2. The Bertz CT molecular complexity index is 583. The van der Waals surface area contributed by atoms with Gasteiger partial charge in [0.2, 0.25) is 5.91 Å². The van der Waals surface area contributed by atoms with Crippen molar-refractivity contribution in [3.05, 3.63) is 65.7 Å². The van der Waals surface area contributed by atoms with Crippen LogP contribution in [0, 0.1) is 0 Å². The summed E-state index contributed by atoms with van der Waals surface area (Å²) in [6, 6.07) is 18.0. The molecule has 0 aliphatic carbocycles. The van der Waals surface area contributed by atoms with Crippen molar-refractivity contribution in [1.29, 1.82) is 0 Å². The molecule has 1 saturated heterocycles. The minimum Gasteiger partial charge on any atom is -0.489 e. The van der Waals surface area contributed by atoms with Crippen LogP contribution in [0.1, 0.15) is 16.5 Å². The quantitative estimate of drug-likeness (QED) is 0.938. The summed E-state index contributed by atoms with van der Waals surface area (Å²) in [5.41, 5.74) is 2.25. The largest absolute Gasteiger partial charge is 0.489 e. The van der Waals surface area contributed by atoms with Gasteiger partial charge >= 0.3 is 0 Å². The SMILES string of the molecule is O=C1CS[C@H](c2ccc(OCc3ccccc3)cc2)N1. The first-order chi connectivity index (χ1) is 9.81. The standard InChI is InChI=1S/C16H15NO2S/c18-15-11-20-16(17-15)13-6-8-14(9-7-13)19-10-12-4-2-1-3-5-12/h1-9,16H,10-11H2,(H,17,18)/t16-/m1/s1. The second kappa shape index (κ2) is 6.01. The number of carbonyl (C=O) groups excluding carboxylic acids is 1. The maximum absolute atomic E-state index is 11.2. The molecule has 1 N–H and O–H groups in total. The molecule has 1 atom stereocenters. The number of rotatable bonds is 4. The summed E-state index contributed by atoms with van der Waals surface area (Å²) >= 11 is 1.62. The molecule has 0 saturated carbocycles. The highest BCUT2D eigenvalue weighted by atomic mass is 32.2. The Hall–Kier alpha value is -1.94. The van der Waals surface area contributed by atoms with E-state index in [0.717, 1.165) is 16.9 Å². The summed E-state index contributed by atoms with van der Waals surface area (Å²) in [6.45, 7) is 0.565. The van der Waals surface area contributed by atoms with Gasteiger partial charge in [0.15, 0.2) is 0 Å². The van der Waals surface area contributed by atoms with Crippen molar-refractivity contribution in [2.45, 2.75) is 12.0 Å². The Labute approximate surface area is 122 Å². The van der Waals surface area contributed by atoms with E-state index in [4.69, 9.17) is 4.74 Å². The molecule has 3 nitrogen and oxygen atoms in total. The molecule has 4 heteroatoms. The number of nitrogens with one attached hydrogen (secondary N) is 1. The number of thioether (sulfide) groups is 1. The Morgan fingerprint density at radius 2 is 1.85 bits per heavy atom. The van der Waals surface area contributed by atoms with Crippen LogP contribution in [0.25, 0.3) is 0 Å². The zero-order valence-electron chi connectivity index (χ0n) is 10.9. The molecule has 1 aliphatic heterocycles. The van der Waals surface area contributed by atoms with Crippen LogP contribution in [-0.4, -0.2) is 11.7 Å². The van der Waals surface area contributed by atoms with Crippen LogP contribution in [0.3, 0.4) is 0 Å². The van der Waals surface area contributed by atoms with Crippen molar-refractivity contribution in [2.75, 3.05) is 5.75 Å². The van der Waals surface area contributed by atoms with E-state index in [1.54, 1.807) is 11.8 Å². The molecule has 1 heterocycles. The maximum Gasteiger partial charge on any atom is 0.231 e. The third kappa shape index (κ3) is 3.14. The van der Waals surface area contributed by atoms with Gasteiger partial charge in [-0.1, -0.05) is 42.5 Å². The molecular weight excluding hydrogens is 270 g/mol. The van der Waals surface area contributed by atoms with Crippen molar-refractivity contribution in [3.63, 3.8) is 0 Å². The molecule has 2 aromatic carbocycles. The summed E-state index contributed by atoms with van der Waals surface area (Å²) in [5.74, 6) is 1.48. The zero-order valence-corrected chi connectivity index (χ0v) is 11.7. The predicted octanol–water partition coefficient (Wildman–Crippen LogP) is 3.13. The first-order valence-electron chi connectivity index (χ1n) is 6.49. The second-order valence-corrected chi connectivity index (χ2v) is 5.70. The van der Waals surface area contributed by atoms with E-state index in [2.05, 4.69) is 5.32 Å². The fraction of sp³-hybridized carbons (Fsp3) is 0.188. The molecule has 0 bridgehead atoms. The normalized spacial score (nSPS) is 17.8. The van der Waals surface area contributed by atoms with Gasteiger partial charge in [-0.15, -0.1) is 11.8 Å². The predicted molar refractivity (Wildman–Crippen MR) is 80.6 cm³/mol. The molecule has 20 heavy (non-hydrogen) atoms. The monoisotopic (exact) mass is 285 g/mol. The average Bonchev–Trinajstić information content (AvgIpc) is 2.93. The highest BCUT2D eigenvalue weighted by Gasteiger charge is 2.22. The van der Waals surface area contributed by atoms with E-state index in [9.17, 15) is 4.79 Å². The molecule has 1 aliphatic rings. The summed E-state index contributed by atoms with van der Waals surface area (Å²) in [6.07, 6.45) is 0. The molecule has 0 spiro atoms. The summed E-state index contributed by atoms with van der Waals surface area (Å²) in [4.78, 5) is 11.2. The lowest BCUT2D eigenvalue weighted by Crippen LogP contribution is -2.18. The number of benzene rings is 2. The topological polar surface area (TPSA) is 38.3 Å². The fourth-order valence-electron chi connectivity index (χ4n) is 2.05. The third-order valence-electron chi connectivity index (χ3n) is 3.10. The van der Waals surface area contributed by atoms with Gasteiger partial charge in [-0.3, -0.25) is 4.79 Å². The molecule has 2 aromatic rings. The molecule has 3 rings (SSSR count). The Balaban J connectivity index is 1.60. The highest BCUT2D eigenvalue weighted by Crippen LogP contribution is 2.31. The van der Waals surface area contributed by atoms with Gasteiger partial charge in [0.1, 0.15) is 17.7 Å². The number of hydrogen-bond donors (Lipinski definition) is 1. The van der Waals surface area contributed by atoms with Crippen LogP contribution in [0.2, 0.25) is 0 Å². The van der Waals surface area contributed by atoms with E-state index < -0.39 is 0 Å².